The van der Waals surface area contributed by atoms with Crippen molar-refractivity contribution in [2.75, 3.05) is 23.7 Å². The van der Waals surface area contributed by atoms with Crippen molar-refractivity contribution in [3.63, 3.8) is 0 Å². The number of nitrogens with one attached hydrogen (secondary N) is 1. The van der Waals surface area contributed by atoms with E-state index < -0.39 is 28.5 Å². The highest BCUT2D eigenvalue weighted by molar-refractivity contribution is 7.92. The van der Waals surface area contributed by atoms with Crippen LogP contribution in [0.2, 0.25) is 15.1 Å². The molecule has 2 rings (SSSR count). The van der Waals surface area contributed by atoms with Crippen LogP contribution in [0, 0.1) is 0 Å². The lowest BCUT2D eigenvalue weighted by molar-refractivity contribution is -0.139. The van der Waals surface area contributed by atoms with Crippen LogP contribution in [0.1, 0.15) is 19.4 Å². The molecule has 0 saturated carbocycles. The molecule has 0 radical (unpaired) electrons. The van der Waals surface area contributed by atoms with E-state index in [1.165, 1.54) is 17.0 Å². The van der Waals surface area contributed by atoms with Crippen LogP contribution >= 0.6 is 34.8 Å². The highest BCUT2D eigenvalue weighted by atomic mass is 35.5. The zero-order chi connectivity index (χ0) is 24.1. The standard InChI is InChI=1S/C21H24Cl3N3O4S/c1-4-25-21(29)14(2)26(12-15-8-6-5-7-9-15)20(28)13-27(32(3,30)31)19-11-17(23)16(22)10-18(19)24/h5-11,14H,4,12-13H2,1-3H3,(H,25,29)/t14-/m0/s1. The molecule has 1 N–H and O–H groups in total. The van der Waals surface area contributed by atoms with Gasteiger partial charge in [-0.05, 0) is 31.5 Å². The van der Waals surface area contributed by atoms with Crippen molar-refractivity contribution < 1.29 is 18.0 Å². The van der Waals surface area contributed by atoms with Gasteiger partial charge in [0, 0.05) is 13.1 Å². The maximum absolute atomic E-state index is 13.3. The summed E-state index contributed by atoms with van der Waals surface area (Å²) in [5.41, 5.74) is 0.803. The molecule has 174 valence electrons. The van der Waals surface area contributed by atoms with Crippen LogP contribution < -0.4 is 9.62 Å². The van der Waals surface area contributed by atoms with E-state index in [4.69, 9.17) is 34.8 Å². The summed E-state index contributed by atoms with van der Waals surface area (Å²) in [6.45, 7) is 3.29. The minimum Gasteiger partial charge on any atom is -0.355 e. The smallest absolute Gasteiger partial charge is 0.244 e. The Labute approximate surface area is 203 Å². The summed E-state index contributed by atoms with van der Waals surface area (Å²) in [7, 11) is -3.93. The first-order valence-corrected chi connectivity index (χ1v) is 12.7. The number of hydrogen-bond acceptors (Lipinski definition) is 4. The summed E-state index contributed by atoms with van der Waals surface area (Å²) in [5.74, 6) is -0.935. The van der Waals surface area contributed by atoms with Crippen molar-refractivity contribution in [2.45, 2.75) is 26.4 Å². The maximum Gasteiger partial charge on any atom is 0.244 e. The minimum atomic E-state index is -3.93. The topological polar surface area (TPSA) is 86.8 Å². The fourth-order valence-corrected chi connectivity index (χ4v) is 4.53. The third-order valence-corrected chi connectivity index (χ3v) is 6.80. The number of amides is 2. The molecular weight excluding hydrogens is 497 g/mol. The number of carbonyl (C=O) groups excluding carboxylic acids is 2. The molecule has 0 bridgehead atoms. The average Bonchev–Trinajstić information content (AvgIpc) is 2.72. The Kier molecular flexibility index (Phi) is 9.21. The number of nitrogens with zero attached hydrogens (tertiary/aromatic N) is 2. The second-order valence-electron chi connectivity index (χ2n) is 7.07. The summed E-state index contributed by atoms with van der Waals surface area (Å²) in [6, 6.07) is 10.8. The van der Waals surface area contributed by atoms with E-state index in [1.807, 2.05) is 30.3 Å². The lowest BCUT2D eigenvalue weighted by Gasteiger charge is -2.31. The number of likely N-dealkylation sites (N-methyl/N-ethyl adjacent to an activating group) is 1. The fourth-order valence-electron chi connectivity index (χ4n) is 2.98. The quantitative estimate of drug-likeness (QED) is 0.507. The van der Waals surface area contributed by atoms with E-state index in [9.17, 15) is 18.0 Å². The van der Waals surface area contributed by atoms with E-state index in [2.05, 4.69) is 5.32 Å². The van der Waals surface area contributed by atoms with Gasteiger partial charge in [-0.25, -0.2) is 8.42 Å². The lowest BCUT2D eigenvalue weighted by atomic mass is 10.1. The number of sulfonamides is 1. The van der Waals surface area contributed by atoms with Crippen molar-refractivity contribution >= 4 is 62.3 Å². The third kappa shape index (κ3) is 6.75. The summed E-state index contributed by atoms with van der Waals surface area (Å²) < 4.78 is 25.9. The molecule has 11 heteroatoms. The van der Waals surface area contributed by atoms with Crippen LogP contribution in [0.4, 0.5) is 5.69 Å². The molecule has 7 nitrogen and oxygen atoms in total. The number of halogens is 3. The summed E-state index contributed by atoms with van der Waals surface area (Å²) in [4.78, 5) is 27.1. The molecule has 0 aliphatic carbocycles. The normalized spacial score (nSPS) is 12.2. The molecule has 32 heavy (non-hydrogen) atoms. The highest BCUT2D eigenvalue weighted by Gasteiger charge is 2.31. The summed E-state index contributed by atoms with van der Waals surface area (Å²) in [5, 5.41) is 2.94. The molecule has 0 aliphatic heterocycles. The molecule has 0 unspecified atom stereocenters. The summed E-state index contributed by atoms with van der Waals surface area (Å²) >= 11 is 18.2. The van der Waals surface area contributed by atoms with Crippen molar-refractivity contribution in [3.05, 3.63) is 63.1 Å². The molecular formula is C21H24Cl3N3O4S. The van der Waals surface area contributed by atoms with Crippen LogP contribution in [0.3, 0.4) is 0 Å². The van der Waals surface area contributed by atoms with Crippen LogP contribution in [-0.2, 0) is 26.2 Å². The number of rotatable bonds is 9. The largest absolute Gasteiger partial charge is 0.355 e. The Morgan fingerprint density at radius 1 is 1.03 bits per heavy atom. The Bertz CT molecular complexity index is 1080. The molecule has 2 aromatic carbocycles. The van der Waals surface area contributed by atoms with E-state index >= 15 is 0 Å². The zero-order valence-corrected chi connectivity index (χ0v) is 20.9. The van der Waals surface area contributed by atoms with E-state index in [-0.39, 0.29) is 33.2 Å². The van der Waals surface area contributed by atoms with Crippen LogP contribution in [0.5, 0.6) is 0 Å². The van der Waals surface area contributed by atoms with Gasteiger partial charge in [0.15, 0.2) is 0 Å². The SMILES string of the molecule is CCNC(=O)[C@H](C)N(Cc1ccccc1)C(=O)CN(c1cc(Cl)c(Cl)cc1Cl)S(C)(=O)=O. The van der Waals surface area contributed by atoms with Gasteiger partial charge < -0.3 is 10.2 Å². The molecule has 0 fully saturated rings. The molecule has 0 heterocycles. The number of benzene rings is 2. The van der Waals surface area contributed by atoms with Gasteiger partial charge in [-0.2, -0.15) is 0 Å². The lowest BCUT2D eigenvalue weighted by Crippen LogP contribution is -2.51. The van der Waals surface area contributed by atoms with Gasteiger partial charge in [0.1, 0.15) is 12.6 Å². The van der Waals surface area contributed by atoms with Crippen LogP contribution in [-0.4, -0.2) is 50.5 Å². The number of anilines is 1. The van der Waals surface area contributed by atoms with Crippen molar-refractivity contribution in [1.82, 2.24) is 10.2 Å². The molecule has 0 saturated heterocycles. The van der Waals surface area contributed by atoms with Crippen LogP contribution in [0.15, 0.2) is 42.5 Å². The Balaban J connectivity index is 2.43. The van der Waals surface area contributed by atoms with Gasteiger partial charge in [-0.1, -0.05) is 65.1 Å². The highest BCUT2D eigenvalue weighted by Crippen LogP contribution is 2.35. The van der Waals surface area contributed by atoms with Gasteiger partial charge in [0.25, 0.3) is 0 Å². The molecule has 0 spiro atoms. The zero-order valence-electron chi connectivity index (χ0n) is 17.8. The van der Waals surface area contributed by atoms with Gasteiger partial charge in [0.05, 0.1) is 27.0 Å². The molecule has 0 aromatic heterocycles. The predicted molar refractivity (Wildman–Crippen MR) is 129 cm³/mol. The van der Waals surface area contributed by atoms with Gasteiger partial charge in [-0.3, -0.25) is 13.9 Å². The third-order valence-electron chi connectivity index (χ3n) is 4.65. The van der Waals surface area contributed by atoms with Gasteiger partial charge >= 0.3 is 0 Å². The van der Waals surface area contributed by atoms with Crippen LogP contribution in [0.25, 0.3) is 0 Å². The van der Waals surface area contributed by atoms with Gasteiger partial charge in [0.2, 0.25) is 21.8 Å². The first kappa shape index (κ1) is 26.3. The van der Waals surface area contributed by atoms with Gasteiger partial charge in [-0.15, -0.1) is 0 Å². The van der Waals surface area contributed by atoms with E-state index in [0.29, 0.717) is 6.54 Å². The Morgan fingerprint density at radius 3 is 2.19 bits per heavy atom. The molecule has 1 atom stereocenters. The monoisotopic (exact) mass is 519 g/mol. The Hall–Kier alpha value is -2.00. The van der Waals surface area contributed by atoms with Crippen molar-refractivity contribution in [1.29, 1.82) is 0 Å². The van der Waals surface area contributed by atoms with E-state index in [1.54, 1.807) is 13.8 Å². The van der Waals surface area contributed by atoms with Crippen molar-refractivity contribution in [2.24, 2.45) is 0 Å². The first-order valence-electron chi connectivity index (χ1n) is 9.69. The Morgan fingerprint density at radius 2 is 1.62 bits per heavy atom. The first-order chi connectivity index (χ1) is 15.0. The van der Waals surface area contributed by atoms with Crippen molar-refractivity contribution in [3.8, 4) is 0 Å². The predicted octanol–water partition coefficient (Wildman–Crippen LogP) is 3.97. The number of carbonyl (C=O) groups is 2. The number of hydrogen-bond donors (Lipinski definition) is 1. The second kappa shape index (κ2) is 11.2. The molecule has 2 aromatic rings. The molecule has 0 aliphatic rings. The molecule has 2 amide bonds. The fraction of sp³-hybridized carbons (Fsp3) is 0.333. The average molecular weight is 521 g/mol. The second-order valence-corrected chi connectivity index (χ2v) is 10.2. The minimum absolute atomic E-state index is 0.0160. The summed E-state index contributed by atoms with van der Waals surface area (Å²) in [6.07, 6.45) is 0.952. The maximum atomic E-state index is 13.3. The van der Waals surface area contributed by atoms with E-state index in [0.717, 1.165) is 16.1 Å².